The van der Waals surface area contributed by atoms with E-state index in [1.54, 1.807) is 6.08 Å². The van der Waals surface area contributed by atoms with Gasteiger partial charge < -0.3 is 20.4 Å². The molecule has 3 aromatic carbocycles. The molecule has 6 heteroatoms. The lowest BCUT2D eigenvalue weighted by Crippen LogP contribution is -2.49. The predicted molar refractivity (Wildman–Crippen MR) is 175 cm³/mol. The molecule has 0 bridgehead atoms. The molecule has 2 fully saturated rings. The summed E-state index contributed by atoms with van der Waals surface area (Å²) in [4.78, 5) is 31.4. The molecule has 2 atom stereocenters. The van der Waals surface area contributed by atoms with E-state index in [-0.39, 0.29) is 29.8 Å². The second kappa shape index (κ2) is 16.2. The molecule has 43 heavy (non-hydrogen) atoms. The van der Waals surface area contributed by atoms with Crippen LogP contribution < -0.4 is 10.6 Å². The zero-order valence-corrected chi connectivity index (χ0v) is 25.2. The topological polar surface area (TPSA) is 64.7 Å². The fraction of sp³-hybridized carbons (Fsp3) is 0.405. The number of nitrogens with one attached hydrogen (secondary N) is 2. The van der Waals surface area contributed by atoms with Crippen LogP contribution in [0.15, 0.2) is 97.1 Å². The van der Waals surface area contributed by atoms with Crippen LogP contribution in [0.4, 0.5) is 0 Å². The van der Waals surface area contributed by atoms with E-state index in [0.29, 0.717) is 19.6 Å². The lowest BCUT2D eigenvalue weighted by Gasteiger charge is -2.30. The fourth-order valence-electron chi connectivity index (χ4n) is 6.35. The van der Waals surface area contributed by atoms with Gasteiger partial charge in [0.25, 0.3) is 0 Å². The van der Waals surface area contributed by atoms with Crippen molar-refractivity contribution in [1.29, 1.82) is 0 Å². The standard InChI is InChI=1S/C37H46N4O2/c42-36(22-21-30-14-5-1-6-15-30)38-28-33-23-27-41(37(43)35(39-33)20-13-26-40-24-11-4-12-25-40)29-34(31-16-7-2-8-17-31)32-18-9-3-10-19-32/h1-3,5-10,14-19,21-22,33-35,39H,4,11-13,20,23-29H2,(H,38,42)/t33-,35-/m0/s1. The summed E-state index contributed by atoms with van der Waals surface area (Å²) in [5.41, 5.74) is 3.43. The van der Waals surface area contributed by atoms with Crippen molar-refractivity contribution in [3.63, 3.8) is 0 Å². The largest absolute Gasteiger partial charge is 0.351 e. The molecule has 2 heterocycles. The summed E-state index contributed by atoms with van der Waals surface area (Å²) in [6.45, 7) is 5.15. The molecule has 0 spiro atoms. The highest BCUT2D eigenvalue weighted by Gasteiger charge is 2.32. The van der Waals surface area contributed by atoms with E-state index < -0.39 is 0 Å². The Labute approximate surface area is 257 Å². The Morgan fingerprint density at radius 1 is 0.860 bits per heavy atom. The molecule has 3 aromatic rings. The Bertz CT molecular complexity index is 1250. The van der Waals surface area contributed by atoms with Crippen molar-refractivity contribution in [2.75, 3.05) is 39.3 Å². The van der Waals surface area contributed by atoms with E-state index in [2.05, 4.69) is 69.0 Å². The summed E-state index contributed by atoms with van der Waals surface area (Å²) < 4.78 is 0. The molecule has 5 rings (SSSR count). The number of benzene rings is 3. The number of amides is 2. The molecule has 2 aliphatic rings. The molecule has 6 nitrogen and oxygen atoms in total. The van der Waals surface area contributed by atoms with E-state index in [4.69, 9.17) is 0 Å². The smallest absolute Gasteiger partial charge is 0.244 e. The zero-order valence-electron chi connectivity index (χ0n) is 25.2. The normalized spacial score (nSPS) is 19.9. The van der Waals surface area contributed by atoms with Gasteiger partial charge >= 0.3 is 0 Å². The highest BCUT2D eigenvalue weighted by atomic mass is 16.2. The molecule has 0 unspecified atom stereocenters. The van der Waals surface area contributed by atoms with E-state index in [1.807, 2.05) is 48.5 Å². The highest BCUT2D eigenvalue weighted by molar-refractivity contribution is 5.91. The van der Waals surface area contributed by atoms with E-state index in [0.717, 1.165) is 31.4 Å². The third kappa shape index (κ3) is 9.37. The van der Waals surface area contributed by atoms with E-state index >= 15 is 0 Å². The van der Waals surface area contributed by atoms with Crippen molar-refractivity contribution >= 4 is 17.9 Å². The van der Waals surface area contributed by atoms with Crippen LogP contribution in [0.3, 0.4) is 0 Å². The van der Waals surface area contributed by atoms with Crippen LogP contribution in [0.1, 0.15) is 61.1 Å². The van der Waals surface area contributed by atoms with Crippen LogP contribution in [-0.4, -0.2) is 73.0 Å². The van der Waals surface area contributed by atoms with Crippen LogP contribution in [0.2, 0.25) is 0 Å². The minimum absolute atomic E-state index is 0.0231. The third-order valence-electron chi connectivity index (χ3n) is 8.77. The van der Waals surface area contributed by atoms with Crippen molar-refractivity contribution in [1.82, 2.24) is 20.4 Å². The van der Waals surface area contributed by atoms with Crippen molar-refractivity contribution in [2.24, 2.45) is 0 Å². The minimum atomic E-state index is -0.263. The maximum absolute atomic E-state index is 14.1. The van der Waals surface area contributed by atoms with Gasteiger partial charge in [0.05, 0.1) is 6.04 Å². The lowest BCUT2D eigenvalue weighted by molar-refractivity contribution is -0.133. The van der Waals surface area contributed by atoms with Gasteiger partial charge in [-0.1, -0.05) is 97.4 Å². The lowest BCUT2D eigenvalue weighted by atomic mass is 9.90. The second-order valence-electron chi connectivity index (χ2n) is 11.9. The average Bonchev–Trinajstić information content (AvgIpc) is 3.21. The van der Waals surface area contributed by atoms with Crippen LogP contribution in [-0.2, 0) is 9.59 Å². The Kier molecular flexibility index (Phi) is 11.6. The monoisotopic (exact) mass is 578 g/mol. The summed E-state index contributed by atoms with van der Waals surface area (Å²) in [6, 6.07) is 30.6. The molecule has 2 saturated heterocycles. The molecule has 226 valence electrons. The van der Waals surface area contributed by atoms with Crippen molar-refractivity contribution < 1.29 is 9.59 Å². The first-order valence-corrected chi connectivity index (χ1v) is 16.0. The maximum atomic E-state index is 14.1. The van der Waals surface area contributed by atoms with Gasteiger partial charge in [0, 0.05) is 37.7 Å². The number of hydrogen-bond acceptors (Lipinski definition) is 4. The van der Waals surface area contributed by atoms with Gasteiger partial charge in [-0.25, -0.2) is 0 Å². The number of carbonyl (C=O) groups excluding carboxylic acids is 2. The first-order valence-electron chi connectivity index (χ1n) is 16.0. The number of rotatable bonds is 12. The highest BCUT2D eigenvalue weighted by Crippen LogP contribution is 2.27. The predicted octanol–water partition coefficient (Wildman–Crippen LogP) is 5.47. The van der Waals surface area contributed by atoms with Gasteiger partial charge in [-0.05, 0) is 74.5 Å². The number of likely N-dealkylation sites (tertiary alicyclic amines) is 1. The van der Waals surface area contributed by atoms with Gasteiger partial charge in [0.15, 0.2) is 0 Å². The van der Waals surface area contributed by atoms with Gasteiger partial charge in [0.1, 0.15) is 0 Å². The SMILES string of the molecule is O=C(C=Cc1ccccc1)NC[C@@H]1CCN(CC(c2ccccc2)c2ccccc2)C(=O)[C@H](CCCN2CCCCC2)N1. The summed E-state index contributed by atoms with van der Waals surface area (Å²) >= 11 is 0. The Balaban J connectivity index is 1.27. The number of piperidine rings is 1. The average molecular weight is 579 g/mol. The summed E-state index contributed by atoms with van der Waals surface area (Å²) in [6.07, 6.45) is 9.86. The number of hydrogen-bond donors (Lipinski definition) is 2. The Morgan fingerprint density at radius 2 is 1.49 bits per heavy atom. The molecule has 0 saturated carbocycles. The first kappa shape index (κ1) is 30.7. The molecular weight excluding hydrogens is 532 g/mol. The summed E-state index contributed by atoms with van der Waals surface area (Å²) in [5, 5.41) is 6.74. The molecule has 2 aliphatic heterocycles. The number of nitrogens with zero attached hydrogens (tertiary/aromatic N) is 2. The van der Waals surface area contributed by atoms with Crippen molar-refractivity contribution in [3.8, 4) is 0 Å². The first-order chi connectivity index (χ1) is 21.2. The Hall–Kier alpha value is -3.74. The Morgan fingerprint density at radius 3 is 2.14 bits per heavy atom. The van der Waals surface area contributed by atoms with Gasteiger partial charge in [-0.15, -0.1) is 0 Å². The van der Waals surface area contributed by atoms with Gasteiger partial charge in [-0.3, -0.25) is 9.59 Å². The van der Waals surface area contributed by atoms with Crippen LogP contribution in [0.5, 0.6) is 0 Å². The van der Waals surface area contributed by atoms with Crippen LogP contribution in [0, 0.1) is 0 Å². The second-order valence-corrected chi connectivity index (χ2v) is 11.9. The van der Waals surface area contributed by atoms with E-state index in [1.165, 1.54) is 43.5 Å². The molecule has 2 amide bonds. The molecule has 2 N–H and O–H groups in total. The zero-order chi connectivity index (χ0) is 29.7. The summed E-state index contributed by atoms with van der Waals surface area (Å²) in [5.74, 6) is 0.154. The van der Waals surface area contributed by atoms with Crippen molar-refractivity contribution in [3.05, 3.63) is 114 Å². The quantitative estimate of drug-likeness (QED) is 0.280. The van der Waals surface area contributed by atoms with Gasteiger partial charge in [-0.2, -0.15) is 0 Å². The molecule has 0 aromatic heterocycles. The number of carbonyl (C=O) groups is 2. The van der Waals surface area contributed by atoms with Gasteiger partial charge in [0.2, 0.25) is 11.8 Å². The fourth-order valence-corrected chi connectivity index (χ4v) is 6.35. The van der Waals surface area contributed by atoms with Crippen LogP contribution in [0.25, 0.3) is 6.08 Å². The third-order valence-corrected chi connectivity index (χ3v) is 8.77. The van der Waals surface area contributed by atoms with E-state index in [9.17, 15) is 9.59 Å². The molecule has 0 aliphatic carbocycles. The van der Waals surface area contributed by atoms with Crippen molar-refractivity contribution in [2.45, 2.75) is 56.5 Å². The molecular formula is C37H46N4O2. The molecule has 0 radical (unpaired) electrons. The summed E-state index contributed by atoms with van der Waals surface area (Å²) in [7, 11) is 0. The van der Waals surface area contributed by atoms with Crippen LogP contribution >= 0.6 is 0 Å². The minimum Gasteiger partial charge on any atom is -0.351 e. The maximum Gasteiger partial charge on any atom is 0.244 e.